The lowest BCUT2D eigenvalue weighted by atomic mass is 9.80. The number of halogens is 1. The van der Waals surface area contributed by atoms with Crippen molar-refractivity contribution in [2.75, 3.05) is 5.32 Å². The SMILES string of the molecule is CCCCCCC(C)C1=C(C#N)C(c2ccccc2Cl)c2cn[nH]c2N1. The van der Waals surface area contributed by atoms with Crippen molar-refractivity contribution in [3.63, 3.8) is 0 Å². The van der Waals surface area contributed by atoms with E-state index in [0.29, 0.717) is 5.02 Å². The van der Waals surface area contributed by atoms with E-state index in [9.17, 15) is 5.26 Å². The molecule has 0 bridgehead atoms. The third kappa shape index (κ3) is 3.64. The van der Waals surface area contributed by atoms with Crippen molar-refractivity contribution in [3.8, 4) is 6.07 Å². The van der Waals surface area contributed by atoms with E-state index in [1.807, 2.05) is 24.3 Å². The molecule has 0 spiro atoms. The number of benzene rings is 1. The summed E-state index contributed by atoms with van der Waals surface area (Å²) in [5.41, 5.74) is 3.66. The van der Waals surface area contributed by atoms with Crippen LogP contribution in [0.3, 0.4) is 0 Å². The molecule has 0 saturated carbocycles. The Morgan fingerprint density at radius 2 is 2.04 bits per heavy atom. The Balaban J connectivity index is 1.98. The number of nitrogens with one attached hydrogen (secondary N) is 2. The molecule has 4 nitrogen and oxygen atoms in total. The van der Waals surface area contributed by atoms with E-state index < -0.39 is 0 Å². The molecule has 2 unspecified atom stereocenters. The number of nitriles is 1. The van der Waals surface area contributed by atoms with Crippen LogP contribution in [-0.2, 0) is 0 Å². The maximum Gasteiger partial charge on any atom is 0.129 e. The average molecular weight is 369 g/mol. The van der Waals surface area contributed by atoms with Crippen molar-refractivity contribution in [1.29, 1.82) is 5.26 Å². The van der Waals surface area contributed by atoms with Gasteiger partial charge in [-0.1, -0.05) is 69.3 Å². The first-order chi connectivity index (χ1) is 12.7. The zero-order valence-corrected chi connectivity index (χ0v) is 16.1. The molecular formula is C21H25ClN4. The van der Waals surface area contributed by atoms with Gasteiger partial charge in [0.2, 0.25) is 0 Å². The van der Waals surface area contributed by atoms with E-state index in [0.717, 1.165) is 34.6 Å². The molecule has 1 aromatic heterocycles. The van der Waals surface area contributed by atoms with Gasteiger partial charge in [0, 0.05) is 16.3 Å². The van der Waals surface area contributed by atoms with Crippen LogP contribution >= 0.6 is 11.6 Å². The van der Waals surface area contributed by atoms with Gasteiger partial charge in [-0.25, -0.2) is 0 Å². The monoisotopic (exact) mass is 368 g/mol. The van der Waals surface area contributed by atoms with Gasteiger partial charge in [-0.05, 0) is 24.0 Å². The van der Waals surface area contributed by atoms with E-state index in [4.69, 9.17) is 11.6 Å². The van der Waals surface area contributed by atoms with Gasteiger partial charge < -0.3 is 5.32 Å². The van der Waals surface area contributed by atoms with Crippen LogP contribution in [0.1, 0.15) is 63.0 Å². The van der Waals surface area contributed by atoms with Gasteiger partial charge in [0.15, 0.2) is 0 Å². The molecule has 5 heteroatoms. The summed E-state index contributed by atoms with van der Waals surface area (Å²) in [5.74, 6) is 0.962. The fraction of sp³-hybridized carbons (Fsp3) is 0.429. The normalized spacial score (nSPS) is 17.4. The van der Waals surface area contributed by atoms with Gasteiger partial charge >= 0.3 is 0 Å². The lowest BCUT2D eigenvalue weighted by Gasteiger charge is -2.29. The molecular weight excluding hydrogens is 344 g/mol. The molecule has 0 saturated heterocycles. The molecule has 2 N–H and O–H groups in total. The van der Waals surface area contributed by atoms with Crippen molar-refractivity contribution in [2.45, 2.75) is 51.9 Å². The van der Waals surface area contributed by atoms with Crippen molar-refractivity contribution in [2.24, 2.45) is 5.92 Å². The summed E-state index contributed by atoms with van der Waals surface area (Å²) in [4.78, 5) is 0. The van der Waals surface area contributed by atoms with Gasteiger partial charge in [-0.15, -0.1) is 0 Å². The number of nitrogens with zero attached hydrogens (tertiary/aromatic N) is 2. The first-order valence-electron chi connectivity index (χ1n) is 9.36. The van der Waals surface area contributed by atoms with Gasteiger partial charge in [0.1, 0.15) is 5.82 Å². The average Bonchev–Trinajstić information content (AvgIpc) is 3.12. The van der Waals surface area contributed by atoms with Crippen LogP contribution in [0.25, 0.3) is 0 Å². The highest BCUT2D eigenvalue weighted by atomic mass is 35.5. The highest BCUT2D eigenvalue weighted by Crippen LogP contribution is 2.44. The number of unbranched alkanes of at least 4 members (excludes halogenated alkanes) is 3. The number of allylic oxidation sites excluding steroid dienone is 2. The minimum atomic E-state index is -0.184. The number of rotatable bonds is 7. The van der Waals surface area contributed by atoms with Crippen molar-refractivity contribution < 1.29 is 0 Å². The smallest absolute Gasteiger partial charge is 0.129 e. The van der Waals surface area contributed by atoms with Crippen LogP contribution in [0, 0.1) is 17.2 Å². The molecule has 1 aliphatic rings. The summed E-state index contributed by atoms with van der Waals surface area (Å²) in [7, 11) is 0. The molecule has 1 aromatic carbocycles. The molecule has 3 rings (SSSR count). The number of fused-ring (bicyclic) bond motifs is 1. The van der Waals surface area contributed by atoms with E-state index in [1.165, 1.54) is 25.7 Å². The van der Waals surface area contributed by atoms with Crippen LogP contribution < -0.4 is 5.32 Å². The number of hydrogen-bond donors (Lipinski definition) is 2. The van der Waals surface area contributed by atoms with Crippen molar-refractivity contribution in [1.82, 2.24) is 10.2 Å². The van der Waals surface area contributed by atoms with Crippen LogP contribution in [0.15, 0.2) is 41.7 Å². The van der Waals surface area contributed by atoms with Gasteiger partial charge in [0.25, 0.3) is 0 Å². The quantitative estimate of drug-likeness (QED) is 0.588. The predicted molar refractivity (Wildman–Crippen MR) is 106 cm³/mol. The summed E-state index contributed by atoms with van der Waals surface area (Å²) in [6.45, 7) is 4.41. The maximum atomic E-state index is 9.98. The van der Waals surface area contributed by atoms with E-state index in [1.54, 1.807) is 6.20 Å². The highest BCUT2D eigenvalue weighted by Gasteiger charge is 2.33. The summed E-state index contributed by atoms with van der Waals surface area (Å²) in [5, 5.41) is 21.3. The van der Waals surface area contributed by atoms with Gasteiger partial charge in [0.05, 0.1) is 23.8 Å². The first-order valence-corrected chi connectivity index (χ1v) is 9.74. The van der Waals surface area contributed by atoms with Crippen LogP contribution in [0.5, 0.6) is 0 Å². The first kappa shape index (κ1) is 18.5. The number of aromatic nitrogens is 2. The molecule has 0 aliphatic carbocycles. The number of H-pyrrole nitrogens is 1. The number of anilines is 1. The lowest BCUT2D eigenvalue weighted by Crippen LogP contribution is -2.22. The molecule has 1 aliphatic heterocycles. The summed E-state index contributed by atoms with van der Waals surface area (Å²) >= 11 is 6.48. The van der Waals surface area contributed by atoms with Crippen LogP contribution in [0.2, 0.25) is 5.02 Å². The molecule has 2 atom stereocenters. The third-order valence-electron chi connectivity index (χ3n) is 5.14. The maximum absolute atomic E-state index is 9.98. The van der Waals surface area contributed by atoms with E-state index in [-0.39, 0.29) is 11.8 Å². The Morgan fingerprint density at radius 1 is 1.23 bits per heavy atom. The highest BCUT2D eigenvalue weighted by molar-refractivity contribution is 6.31. The van der Waals surface area contributed by atoms with E-state index in [2.05, 4.69) is 35.4 Å². The van der Waals surface area contributed by atoms with Crippen molar-refractivity contribution in [3.05, 3.63) is 57.9 Å². The Labute approximate surface area is 160 Å². The molecule has 0 amide bonds. The molecule has 0 radical (unpaired) electrons. The standard InChI is InChI=1S/C21H25ClN4/c1-3-4-5-6-9-14(2)20-16(12-23)19(15-10-7-8-11-18(15)22)17-13-24-26-21(17)25-20/h7-8,10-11,13-14,19H,3-6,9H2,1-2H3,(H2,24,25,26). The lowest BCUT2D eigenvalue weighted by molar-refractivity contribution is 0.538. The Kier molecular flexibility index (Phi) is 6.00. The zero-order chi connectivity index (χ0) is 18.5. The minimum absolute atomic E-state index is 0.184. The molecule has 26 heavy (non-hydrogen) atoms. The Bertz CT molecular complexity index is 831. The largest absolute Gasteiger partial charge is 0.343 e. The molecule has 2 heterocycles. The zero-order valence-electron chi connectivity index (χ0n) is 15.3. The summed E-state index contributed by atoms with van der Waals surface area (Å²) < 4.78 is 0. The summed E-state index contributed by atoms with van der Waals surface area (Å²) in [6.07, 6.45) is 7.75. The Hall–Kier alpha value is -2.25. The van der Waals surface area contributed by atoms with Crippen LogP contribution in [0.4, 0.5) is 5.82 Å². The second kappa shape index (κ2) is 8.42. The Morgan fingerprint density at radius 3 is 2.77 bits per heavy atom. The number of aromatic amines is 1. The second-order valence-corrected chi connectivity index (χ2v) is 7.38. The second-order valence-electron chi connectivity index (χ2n) is 6.97. The minimum Gasteiger partial charge on any atom is -0.343 e. The molecule has 0 fully saturated rings. The van der Waals surface area contributed by atoms with E-state index >= 15 is 0 Å². The summed E-state index contributed by atoms with van der Waals surface area (Å²) in [6, 6.07) is 10.2. The number of hydrogen-bond acceptors (Lipinski definition) is 3. The fourth-order valence-corrected chi connectivity index (χ4v) is 3.94. The molecule has 2 aromatic rings. The van der Waals surface area contributed by atoms with Crippen LogP contribution in [-0.4, -0.2) is 10.2 Å². The third-order valence-corrected chi connectivity index (χ3v) is 5.48. The molecule has 136 valence electrons. The van der Waals surface area contributed by atoms with Crippen molar-refractivity contribution >= 4 is 17.4 Å². The fourth-order valence-electron chi connectivity index (χ4n) is 3.69. The van der Waals surface area contributed by atoms with Gasteiger partial charge in [-0.2, -0.15) is 10.4 Å². The topological polar surface area (TPSA) is 64.5 Å². The predicted octanol–water partition coefficient (Wildman–Crippen LogP) is 6.00. The van der Waals surface area contributed by atoms with Gasteiger partial charge in [-0.3, -0.25) is 5.10 Å².